The van der Waals surface area contributed by atoms with Gasteiger partial charge in [-0.1, -0.05) is 26.2 Å². The van der Waals surface area contributed by atoms with Crippen molar-refractivity contribution in [2.24, 2.45) is 0 Å². The fourth-order valence-electron chi connectivity index (χ4n) is 5.31. The van der Waals surface area contributed by atoms with Gasteiger partial charge in [0.1, 0.15) is 0 Å². The molecule has 1 saturated carbocycles. The first-order valence-electron chi connectivity index (χ1n) is 12.4. The molecule has 2 saturated heterocycles. The van der Waals surface area contributed by atoms with Crippen molar-refractivity contribution in [2.45, 2.75) is 62.4 Å². The second kappa shape index (κ2) is 11.5. The first-order chi connectivity index (χ1) is 15.6. The van der Waals surface area contributed by atoms with Crippen molar-refractivity contribution in [1.29, 1.82) is 0 Å². The lowest BCUT2D eigenvalue weighted by Gasteiger charge is -2.41. The van der Waals surface area contributed by atoms with Crippen molar-refractivity contribution in [2.75, 3.05) is 51.6 Å². The van der Waals surface area contributed by atoms with Crippen molar-refractivity contribution < 1.29 is 9.59 Å². The molecule has 0 spiro atoms. The van der Waals surface area contributed by atoms with Crippen molar-refractivity contribution in [3.8, 4) is 0 Å². The maximum atomic E-state index is 12.8. The minimum absolute atomic E-state index is 0.0185. The summed E-state index contributed by atoms with van der Waals surface area (Å²) in [5.74, 6) is 1.25. The van der Waals surface area contributed by atoms with Gasteiger partial charge < -0.3 is 10.2 Å². The highest BCUT2D eigenvalue weighted by molar-refractivity contribution is 7.99. The average Bonchev–Trinajstić information content (AvgIpc) is 3.27. The monoisotopic (exact) mass is 458 g/mol. The van der Waals surface area contributed by atoms with Gasteiger partial charge in [0.2, 0.25) is 5.91 Å². The molecule has 0 aromatic heterocycles. The van der Waals surface area contributed by atoms with Gasteiger partial charge in [-0.15, -0.1) is 11.8 Å². The standard InChI is InChI=1S/C25H38N4O2S/c1-2-32-23-10-8-20(9-11-23)25(31)26-21-12-13-27(18-21)19-24(30)29-16-14-28(15-17-29)22-6-4-3-5-7-22/h8-11,21-22H,2-7,12-19H2,1H3,(H,26,31). The molecule has 176 valence electrons. The largest absolute Gasteiger partial charge is 0.348 e. The van der Waals surface area contributed by atoms with E-state index in [0.29, 0.717) is 12.1 Å². The number of nitrogens with zero attached hydrogens (tertiary/aromatic N) is 3. The second-order valence-corrected chi connectivity index (χ2v) is 10.7. The maximum absolute atomic E-state index is 12.8. The SMILES string of the molecule is CCSc1ccc(C(=O)NC2CCN(CC(=O)N3CCN(C4CCCCC4)CC3)C2)cc1. The summed E-state index contributed by atoms with van der Waals surface area (Å²) < 4.78 is 0. The Bertz CT molecular complexity index is 758. The Balaban J connectivity index is 1.18. The molecule has 3 aliphatic rings. The molecule has 2 aliphatic heterocycles. The van der Waals surface area contributed by atoms with Crippen LogP contribution in [0.5, 0.6) is 0 Å². The normalized spacial score (nSPS) is 23.4. The number of rotatable bonds is 7. The van der Waals surface area contributed by atoms with Gasteiger partial charge in [0.25, 0.3) is 5.91 Å². The van der Waals surface area contributed by atoms with Crippen LogP contribution in [0.15, 0.2) is 29.2 Å². The van der Waals surface area contributed by atoms with Gasteiger partial charge in [0, 0.05) is 61.8 Å². The van der Waals surface area contributed by atoms with Crippen molar-refractivity contribution >= 4 is 23.6 Å². The predicted molar refractivity (Wildman–Crippen MR) is 130 cm³/mol. The van der Waals surface area contributed by atoms with E-state index < -0.39 is 0 Å². The van der Waals surface area contributed by atoms with Crippen LogP contribution >= 0.6 is 11.8 Å². The predicted octanol–water partition coefficient (Wildman–Crippen LogP) is 3.08. The van der Waals surface area contributed by atoms with Crippen molar-refractivity contribution in [3.63, 3.8) is 0 Å². The summed E-state index contributed by atoms with van der Waals surface area (Å²) in [5.41, 5.74) is 0.704. The second-order valence-electron chi connectivity index (χ2n) is 9.36. The summed E-state index contributed by atoms with van der Waals surface area (Å²) in [7, 11) is 0. The first-order valence-corrected chi connectivity index (χ1v) is 13.4. The molecular weight excluding hydrogens is 420 g/mol. The van der Waals surface area contributed by atoms with Crippen molar-refractivity contribution in [3.05, 3.63) is 29.8 Å². The zero-order valence-electron chi connectivity index (χ0n) is 19.4. The Hall–Kier alpha value is -1.57. The Morgan fingerprint density at radius 1 is 0.969 bits per heavy atom. The first kappa shape index (κ1) is 23.6. The fourth-order valence-corrected chi connectivity index (χ4v) is 5.97. The van der Waals surface area contributed by atoms with E-state index in [2.05, 4.69) is 22.0 Å². The lowest BCUT2D eigenvalue weighted by molar-refractivity contribution is -0.134. The van der Waals surface area contributed by atoms with Crippen LogP contribution in [-0.2, 0) is 4.79 Å². The molecule has 1 aromatic rings. The molecule has 0 bridgehead atoms. The molecule has 1 aliphatic carbocycles. The van der Waals surface area contributed by atoms with E-state index in [1.807, 2.05) is 29.2 Å². The number of hydrogen-bond donors (Lipinski definition) is 1. The number of carbonyl (C=O) groups excluding carboxylic acids is 2. The average molecular weight is 459 g/mol. The van der Waals surface area contributed by atoms with E-state index in [0.717, 1.165) is 57.5 Å². The zero-order chi connectivity index (χ0) is 22.3. The van der Waals surface area contributed by atoms with E-state index in [4.69, 9.17) is 0 Å². The number of hydrogen-bond acceptors (Lipinski definition) is 5. The number of likely N-dealkylation sites (tertiary alicyclic amines) is 1. The highest BCUT2D eigenvalue weighted by Crippen LogP contribution is 2.23. The summed E-state index contributed by atoms with van der Waals surface area (Å²) in [4.78, 5) is 33.5. The van der Waals surface area contributed by atoms with E-state index in [1.54, 1.807) is 11.8 Å². The highest BCUT2D eigenvalue weighted by Gasteiger charge is 2.30. The third kappa shape index (κ3) is 6.27. The quantitative estimate of drug-likeness (QED) is 0.637. The van der Waals surface area contributed by atoms with Gasteiger partial charge in [0.05, 0.1) is 6.54 Å². The van der Waals surface area contributed by atoms with E-state index in [-0.39, 0.29) is 17.9 Å². The third-order valence-electron chi connectivity index (χ3n) is 7.15. The van der Waals surface area contributed by atoms with Gasteiger partial charge in [-0.2, -0.15) is 0 Å². The van der Waals surface area contributed by atoms with E-state index in [9.17, 15) is 9.59 Å². The minimum atomic E-state index is -0.0185. The molecule has 0 radical (unpaired) electrons. The summed E-state index contributed by atoms with van der Waals surface area (Å²) in [6, 6.07) is 8.68. The third-order valence-corrected chi connectivity index (χ3v) is 8.05. The number of amides is 2. The van der Waals surface area contributed by atoms with Crippen LogP contribution in [0.25, 0.3) is 0 Å². The molecule has 1 aromatic carbocycles. The molecule has 7 heteroatoms. The Morgan fingerprint density at radius 2 is 1.69 bits per heavy atom. The van der Waals surface area contributed by atoms with Crippen LogP contribution in [0.2, 0.25) is 0 Å². The van der Waals surface area contributed by atoms with Crippen LogP contribution in [0.1, 0.15) is 55.8 Å². The fraction of sp³-hybridized carbons (Fsp3) is 0.680. The van der Waals surface area contributed by atoms with E-state index in [1.165, 1.54) is 37.0 Å². The van der Waals surface area contributed by atoms with Gasteiger partial charge >= 0.3 is 0 Å². The maximum Gasteiger partial charge on any atom is 0.251 e. The Kier molecular flexibility index (Phi) is 8.49. The van der Waals surface area contributed by atoms with Gasteiger partial charge in [0.15, 0.2) is 0 Å². The number of nitrogens with one attached hydrogen (secondary N) is 1. The summed E-state index contributed by atoms with van der Waals surface area (Å²) >= 11 is 1.78. The van der Waals surface area contributed by atoms with E-state index >= 15 is 0 Å². The lowest BCUT2D eigenvalue weighted by Crippen LogP contribution is -2.54. The summed E-state index contributed by atoms with van der Waals surface area (Å²) in [6.45, 7) is 7.97. The number of piperazine rings is 1. The molecule has 3 fully saturated rings. The smallest absolute Gasteiger partial charge is 0.251 e. The molecular formula is C25H38N4O2S. The van der Waals surface area contributed by atoms with Crippen molar-refractivity contribution in [1.82, 2.24) is 20.0 Å². The molecule has 4 rings (SSSR count). The summed E-state index contributed by atoms with van der Waals surface area (Å²) in [5, 5.41) is 3.15. The van der Waals surface area contributed by atoms with Gasteiger partial charge in [-0.05, 0) is 49.3 Å². The molecule has 1 N–H and O–H groups in total. The number of carbonyl (C=O) groups is 2. The van der Waals surface area contributed by atoms with Gasteiger partial charge in [-0.3, -0.25) is 19.4 Å². The van der Waals surface area contributed by atoms with Crippen LogP contribution in [0.4, 0.5) is 0 Å². The van der Waals surface area contributed by atoms with Crippen LogP contribution in [0, 0.1) is 0 Å². The van der Waals surface area contributed by atoms with Gasteiger partial charge in [-0.25, -0.2) is 0 Å². The lowest BCUT2D eigenvalue weighted by atomic mass is 9.94. The number of benzene rings is 1. The molecule has 32 heavy (non-hydrogen) atoms. The summed E-state index contributed by atoms with van der Waals surface area (Å²) in [6.07, 6.45) is 7.67. The molecule has 1 atom stereocenters. The van der Waals surface area contributed by atoms with Crippen LogP contribution in [0.3, 0.4) is 0 Å². The molecule has 2 heterocycles. The number of thioether (sulfide) groups is 1. The molecule has 1 unspecified atom stereocenters. The highest BCUT2D eigenvalue weighted by atomic mass is 32.2. The zero-order valence-corrected chi connectivity index (χ0v) is 20.2. The van der Waals surface area contributed by atoms with Crippen LogP contribution < -0.4 is 5.32 Å². The van der Waals surface area contributed by atoms with Crippen LogP contribution in [-0.4, -0.2) is 90.2 Å². The minimum Gasteiger partial charge on any atom is -0.348 e. The molecule has 2 amide bonds. The topological polar surface area (TPSA) is 55.9 Å². The Labute approximate surface area is 197 Å². The molecule has 6 nitrogen and oxygen atoms in total. The Morgan fingerprint density at radius 3 is 2.38 bits per heavy atom.